The van der Waals surface area contributed by atoms with Crippen LogP contribution in [0.15, 0.2) is 56.6 Å². The SMILES string of the molecule is N/C(=N/O)c1ccc(CNc2c(Br)cccc2Br)cc1. The van der Waals surface area contributed by atoms with Gasteiger partial charge in [-0.15, -0.1) is 0 Å². The first-order valence-corrected chi connectivity index (χ1v) is 7.45. The maximum absolute atomic E-state index is 8.61. The Morgan fingerprint density at radius 2 is 1.70 bits per heavy atom. The summed E-state index contributed by atoms with van der Waals surface area (Å²) in [7, 11) is 0. The van der Waals surface area contributed by atoms with Crippen LogP contribution in [0, 0.1) is 0 Å². The van der Waals surface area contributed by atoms with E-state index in [1.807, 2.05) is 42.5 Å². The zero-order chi connectivity index (χ0) is 14.5. The summed E-state index contributed by atoms with van der Waals surface area (Å²) in [6.07, 6.45) is 0. The summed E-state index contributed by atoms with van der Waals surface area (Å²) in [5.74, 6) is 0.109. The van der Waals surface area contributed by atoms with E-state index in [4.69, 9.17) is 10.9 Å². The van der Waals surface area contributed by atoms with Crippen molar-refractivity contribution >= 4 is 43.4 Å². The topological polar surface area (TPSA) is 70.6 Å². The van der Waals surface area contributed by atoms with Crippen molar-refractivity contribution in [1.82, 2.24) is 0 Å². The molecule has 2 aromatic carbocycles. The predicted molar refractivity (Wildman–Crippen MR) is 88.1 cm³/mol. The van der Waals surface area contributed by atoms with Crippen LogP contribution in [0.4, 0.5) is 5.69 Å². The molecule has 0 radical (unpaired) electrons. The van der Waals surface area contributed by atoms with Gasteiger partial charge in [-0.05, 0) is 49.6 Å². The molecule has 20 heavy (non-hydrogen) atoms. The highest BCUT2D eigenvalue weighted by molar-refractivity contribution is 9.11. The molecule has 4 nitrogen and oxygen atoms in total. The van der Waals surface area contributed by atoms with E-state index in [1.54, 1.807) is 0 Å². The number of nitrogens with two attached hydrogens (primary N) is 1. The van der Waals surface area contributed by atoms with E-state index in [1.165, 1.54) is 0 Å². The zero-order valence-corrected chi connectivity index (χ0v) is 13.6. The molecule has 0 amide bonds. The van der Waals surface area contributed by atoms with Gasteiger partial charge in [0.05, 0.1) is 5.69 Å². The average Bonchev–Trinajstić information content (AvgIpc) is 2.46. The molecule has 0 saturated heterocycles. The van der Waals surface area contributed by atoms with Gasteiger partial charge in [-0.2, -0.15) is 0 Å². The van der Waals surface area contributed by atoms with Crippen molar-refractivity contribution in [3.05, 3.63) is 62.5 Å². The van der Waals surface area contributed by atoms with Crippen LogP contribution >= 0.6 is 31.9 Å². The number of hydrogen-bond donors (Lipinski definition) is 3. The maximum atomic E-state index is 8.61. The Labute approximate surface area is 133 Å². The van der Waals surface area contributed by atoms with Crippen LogP contribution in [0.1, 0.15) is 11.1 Å². The number of halogens is 2. The van der Waals surface area contributed by atoms with E-state index < -0.39 is 0 Å². The van der Waals surface area contributed by atoms with E-state index >= 15 is 0 Å². The minimum absolute atomic E-state index is 0.109. The first-order chi connectivity index (χ1) is 9.61. The molecule has 0 aliphatic rings. The van der Waals surface area contributed by atoms with Gasteiger partial charge in [-0.25, -0.2) is 0 Å². The van der Waals surface area contributed by atoms with Crippen molar-refractivity contribution in [3.8, 4) is 0 Å². The summed E-state index contributed by atoms with van der Waals surface area (Å²) in [6.45, 7) is 0.678. The molecule has 104 valence electrons. The van der Waals surface area contributed by atoms with Crippen LogP contribution in [-0.2, 0) is 6.54 Å². The molecule has 4 N–H and O–H groups in total. The number of nitrogens with zero attached hydrogens (tertiary/aromatic N) is 1. The Bertz CT molecular complexity index is 607. The molecule has 0 aromatic heterocycles. The third-order valence-corrected chi connectivity index (χ3v) is 4.11. The zero-order valence-electron chi connectivity index (χ0n) is 10.5. The Morgan fingerprint density at radius 3 is 2.25 bits per heavy atom. The molecule has 2 aromatic rings. The first kappa shape index (κ1) is 14.9. The van der Waals surface area contributed by atoms with Crippen LogP contribution in [0.25, 0.3) is 0 Å². The number of hydrogen-bond acceptors (Lipinski definition) is 3. The van der Waals surface area contributed by atoms with E-state index in [9.17, 15) is 0 Å². The fraction of sp³-hybridized carbons (Fsp3) is 0.0714. The number of nitrogens with one attached hydrogen (secondary N) is 1. The van der Waals surface area contributed by atoms with Crippen molar-refractivity contribution in [2.75, 3.05) is 5.32 Å². The summed E-state index contributed by atoms with van der Waals surface area (Å²) in [5, 5.41) is 14.9. The lowest BCUT2D eigenvalue weighted by Crippen LogP contribution is -2.13. The lowest BCUT2D eigenvalue weighted by molar-refractivity contribution is 0.318. The molecule has 6 heteroatoms. The van der Waals surface area contributed by atoms with Gasteiger partial charge in [-0.1, -0.05) is 35.5 Å². The molecule has 0 atom stereocenters. The largest absolute Gasteiger partial charge is 0.409 e. The number of benzene rings is 2. The second-order valence-electron chi connectivity index (χ2n) is 4.13. The molecule has 0 saturated carbocycles. The molecule has 0 bridgehead atoms. The van der Waals surface area contributed by atoms with Gasteiger partial charge in [0.25, 0.3) is 0 Å². The lowest BCUT2D eigenvalue weighted by atomic mass is 10.1. The summed E-state index contributed by atoms with van der Waals surface area (Å²) < 4.78 is 2.00. The van der Waals surface area contributed by atoms with E-state index in [0.29, 0.717) is 12.1 Å². The second kappa shape index (κ2) is 6.76. The number of oxime groups is 1. The van der Waals surface area contributed by atoms with Gasteiger partial charge in [0, 0.05) is 21.1 Å². The lowest BCUT2D eigenvalue weighted by Gasteiger charge is -2.11. The minimum Gasteiger partial charge on any atom is -0.409 e. The van der Waals surface area contributed by atoms with Gasteiger partial charge < -0.3 is 16.3 Å². The van der Waals surface area contributed by atoms with Crippen molar-refractivity contribution in [3.63, 3.8) is 0 Å². The Balaban J connectivity index is 2.08. The van der Waals surface area contributed by atoms with E-state index in [-0.39, 0.29) is 5.84 Å². The van der Waals surface area contributed by atoms with Crippen LogP contribution in [0.5, 0.6) is 0 Å². The van der Waals surface area contributed by atoms with Gasteiger partial charge in [0.2, 0.25) is 0 Å². The Kier molecular flexibility index (Phi) is 5.03. The Morgan fingerprint density at radius 1 is 1.10 bits per heavy atom. The molecule has 0 unspecified atom stereocenters. The highest BCUT2D eigenvalue weighted by Crippen LogP contribution is 2.30. The summed E-state index contributed by atoms with van der Waals surface area (Å²) in [4.78, 5) is 0. The Hall–Kier alpha value is -1.53. The highest BCUT2D eigenvalue weighted by atomic mass is 79.9. The fourth-order valence-electron chi connectivity index (χ4n) is 1.71. The maximum Gasteiger partial charge on any atom is 0.170 e. The smallest absolute Gasteiger partial charge is 0.170 e. The van der Waals surface area contributed by atoms with Crippen LogP contribution in [0.3, 0.4) is 0 Å². The monoisotopic (exact) mass is 397 g/mol. The quantitative estimate of drug-likeness (QED) is 0.316. The second-order valence-corrected chi connectivity index (χ2v) is 5.84. The molecule has 0 aliphatic carbocycles. The average molecular weight is 399 g/mol. The summed E-state index contributed by atoms with van der Waals surface area (Å²) in [6, 6.07) is 13.4. The first-order valence-electron chi connectivity index (χ1n) is 5.86. The third kappa shape index (κ3) is 3.52. The molecular weight excluding hydrogens is 386 g/mol. The van der Waals surface area contributed by atoms with Crippen LogP contribution in [0.2, 0.25) is 0 Å². The predicted octanol–water partition coefficient (Wildman–Crippen LogP) is 3.92. The van der Waals surface area contributed by atoms with Gasteiger partial charge in [-0.3, -0.25) is 0 Å². The molecule has 0 spiro atoms. The molecule has 0 aliphatic heterocycles. The fourth-order valence-corrected chi connectivity index (χ4v) is 2.99. The molecule has 0 heterocycles. The molecular formula is C14H13Br2N3O. The number of anilines is 1. The number of rotatable bonds is 4. The summed E-state index contributed by atoms with van der Waals surface area (Å²) in [5.41, 5.74) is 8.32. The van der Waals surface area contributed by atoms with Gasteiger partial charge >= 0.3 is 0 Å². The van der Waals surface area contributed by atoms with E-state index in [0.717, 1.165) is 20.2 Å². The van der Waals surface area contributed by atoms with Crippen LogP contribution in [-0.4, -0.2) is 11.0 Å². The number of para-hydroxylation sites is 1. The molecule has 0 fully saturated rings. The van der Waals surface area contributed by atoms with Gasteiger partial charge in [0.1, 0.15) is 0 Å². The van der Waals surface area contributed by atoms with Crippen molar-refractivity contribution in [2.45, 2.75) is 6.54 Å². The van der Waals surface area contributed by atoms with E-state index in [2.05, 4.69) is 42.3 Å². The van der Waals surface area contributed by atoms with Gasteiger partial charge in [0.15, 0.2) is 5.84 Å². The van der Waals surface area contributed by atoms with Crippen LogP contribution < -0.4 is 11.1 Å². The minimum atomic E-state index is 0.109. The summed E-state index contributed by atoms with van der Waals surface area (Å²) >= 11 is 7.02. The van der Waals surface area contributed by atoms with Crippen molar-refractivity contribution < 1.29 is 5.21 Å². The number of amidine groups is 1. The molecule has 2 rings (SSSR count). The normalized spacial score (nSPS) is 11.4. The standard InChI is InChI=1S/C14H13Br2N3O/c15-11-2-1-3-12(16)13(11)18-8-9-4-6-10(7-5-9)14(17)19-20/h1-7,18,20H,8H2,(H2,17,19). The third-order valence-electron chi connectivity index (χ3n) is 2.79. The van der Waals surface area contributed by atoms with Crippen molar-refractivity contribution in [1.29, 1.82) is 0 Å². The van der Waals surface area contributed by atoms with Crippen molar-refractivity contribution in [2.24, 2.45) is 10.9 Å². The highest BCUT2D eigenvalue weighted by Gasteiger charge is 2.04.